The Morgan fingerprint density at radius 2 is 2.19 bits per heavy atom. The fourth-order valence-corrected chi connectivity index (χ4v) is 3.40. The molecule has 0 heterocycles. The number of aryl methyl sites for hydroxylation is 1. The number of sulfonamides is 1. The number of carboxylic acids is 1. The summed E-state index contributed by atoms with van der Waals surface area (Å²) in [6.45, 7) is 5.06. The lowest BCUT2D eigenvalue weighted by atomic mass is 10.1. The maximum atomic E-state index is 13.6. The first-order valence-corrected chi connectivity index (χ1v) is 8.65. The van der Waals surface area contributed by atoms with Crippen molar-refractivity contribution >= 4 is 27.8 Å². The van der Waals surface area contributed by atoms with Crippen LogP contribution in [0.2, 0.25) is 0 Å². The molecule has 0 aliphatic heterocycles. The first-order valence-electron chi connectivity index (χ1n) is 6.01. The molecule has 116 valence electrons. The lowest BCUT2D eigenvalue weighted by Gasteiger charge is -2.09. The van der Waals surface area contributed by atoms with Crippen LogP contribution in [0, 0.1) is 12.7 Å². The van der Waals surface area contributed by atoms with E-state index in [0.29, 0.717) is 11.5 Å². The minimum atomic E-state index is -3.86. The summed E-state index contributed by atoms with van der Waals surface area (Å²) in [7, 11) is -3.86. The van der Waals surface area contributed by atoms with Crippen LogP contribution in [0.3, 0.4) is 0 Å². The first-order chi connectivity index (χ1) is 9.79. The van der Waals surface area contributed by atoms with Gasteiger partial charge in [-0.2, -0.15) is 11.8 Å². The van der Waals surface area contributed by atoms with Gasteiger partial charge >= 0.3 is 5.97 Å². The molecule has 0 saturated heterocycles. The maximum Gasteiger partial charge on any atom is 0.338 e. The van der Waals surface area contributed by atoms with E-state index < -0.39 is 27.4 Å². The Morgan fingerprint density at radius 1 is 1.52 bits per heavy atom. The molecule has 1 rings (SSSR count). The van der Waals surface area contributed by atoms with Gasteiger partial charge in [-0.25, -0.2) is 22.3 Å². The topological polar surface area (TPSA) is 83.5 Å². The summed E-state index contributed by atoms with van der Waals surface area (Å²) < 4.78 is 40.0. The summed E-state index contributed by atoms with van der Waals surface area (Å²) in [6.07, 6.45) is 1.71. The van der Waals surface area contributed by atoms with Crippen molar-refractivity contribution in [3.63, 3.8) is 0 Å². The van der Waals surface area contributed by atoms with Crippen molar-refractivity contribution in [1.82, 2.24) is 4.72 Å². The normalized spacial score (nSPS) is 11.3. The van der Waals surface area contributed by atoms with Crippen LogP contribution in [-0.4, -0.2) is 37.5 Å². The van der Waals surface area contributed by atoms with Crippen molar-refractivity contribution in [3.8, 4) is 0 Å². The Hall–Kier alpha value is -1.38. The summed E-state index contributed by atoms with van der Waals surface area (Å²) in [5, 5.41) is 8.89. The van der Waals surface area contributed by atoms with Crippen LogP contribution >= 0.6 is 11.8 Å². The number of rotatable bonds is 8. The number of carbonyl (C=O) groups is 1. The van der Waals surface area contributed by atoms with E-state index in [1.165, 1.54) is 18.7 Å². The summed E-state index contributed by atoms with van der Waals surface area (Å²) in [4.78, 5) is 10.7. The van der Waals surface area contributed by atoms with Crippen LogP contribution in [0.25, 0.3) is 0 Å². The Kier molecular flexibility index (Phi) is 6.38. The van der Waals surface area contributed by atoms with Crippen LogP contribution in [0.4, 0.5) is 4.39 Å². The van der Waals surface area contributed by atoms with E-state index in [1.54, 1.807) is 6.08 Å². The highest BCUT2D eigenvalue weighted by Gasteiger charge is 2.20. The van der Waals surface area contributed by atoms with Gasteiger partial charge in [0.05, 0.1) is 10.5 Å². The Labute approximate surface area is 127 Å². The Morgan fingerprint density at radius 3 is 2.76 bits per heavy atom. The van der Waals surface area contributed by atoms with Crippen LogP contribution in [-0.2, 0) is 10.0 Å². The van der Waals surface area contributed by atoms with Gasteiger partial charge in [0.25, 0.3) is 0 Å². The van der Waals surface area contributed by atoms with Gasteiger partial charge in [-0.15, -0.1) is 6.58 Å². The third kappa shape index (κ3) is 4.83. The van der Waals surface area contributed by atoms with Gasteiger partial charge in [0, 0.05) is 18.1 Å². The molecule has 0 aliphatic rings. The molecule has 2 N–H and O–H groups in total. The van der Waals surface area contributed by atoms with Gasteiger partial charge in [-0.05, 0) is 24.6 Å². The van der Waals surface area contributed by atoms with Gasteiger partial charge in [0.15, 0.2) is 0 Å². The van der Waals surface area contributed by atoms with E-state index >= 15 is 0 Å². The van der Waals surface area contributed by atoms with E-state index in [1.807, 2.05) is 0 Å². The highest BCUT2D eigenvalue weighted by molar-refractivity contribution is 7.99. The lowest BCUT2D eigenvalue weighted by molar-refractivity contribution is 0.0691. The quantitative estimate of drug-likeness (QED) is 0.562. The van der Waals surface area contributed by atoms with E-state index in [4.69, 9.17) is 5.11 Å². The zero-order valence-electron chi connectivity index (χ0n) is 11.4. The van der Waals surface area contributed by atoms with Gasteiger partial charge < -0.3 is 5.11 Å². The molecule has 0 bridgehead atoms. The van der Waals surface area contributed by atoms with Gasteiger partial charge in [0.2, 0.25) is 10.0 Å². The first kappa shape index (κ1) is 17.7. The molecular weight excluding hydrogens is 317 g/mol. The third-order valence-electron chi connectivity index (χ3n) is 2.54. The van der Waals surface area contributed by atoms with Crippen molar-refractivity contribution in [1.29, 1.82) is 0 Å². The van der Waals surface area contributed by atoms with Gasteiger partial charge in [-0.3, -0.25) is 0 Å². The highest BCUT2D eigenvalue weighted by atomic mass is 32.2. The minimum absolute atomic E-state index is 0.0312. The predicted molar refractivity (Wildman–Crippen MR) is 80.8 cm³/mol. The molecule has 21 heavy (non-hydrogen) atoms. The van der Waals surface area contributed by atoms with Gasteiger partial charge in [0.1, 0.15) is 5.82 Å². The van der Waals surface area contributed by atoms with Crippen molar-refractivity contribution in [2.45, 2.75) is 11.8 Å². The minimum Gasteiger partial charge on any atom is -0.478 e. The fourth-order valence-electron chi connectivity index (χ4n) is 1.55. The fraction of sp³-hybridized carbons (Fsp3) is 0.308. The standard InChI is InChI=1S/C13H16FNO4S2/c1-3-5-20-6-4-15-21(18,19)10-7-9(2)12(14)11(8-10)13(16)17/h3,7-8,15H,1,4-6H2,2H3,(H,16,17). The van der Waals surface area contributed by atoms with Gasteiger partial charge in [-0.1, -0.05) is 6.08 Å². The summed E-state index contributed by atoms with van der Waals surface area (Å²) in [6, 6.07) is 1.94. The van der Waals surface area contributed by atoms with E-state index in [0.717, 1.165) is 12.1 Å². The van der Waals surface area contributed by atoms with E-state index in [9.17, 15) is 17.6 Å². The van der Waals surface area contributed by atoms with Crippen LogP contribution < -0.4 is 4.72 Å². The average Bonchev–Trinajstić information content (AvgIpc) is 2.40. The average molecular weight is 333 g/mol. The molecule has 1 aromatic rings. The molecule has 0 atom stereocenters. The molecule has 8 heteroatoms. The highest BCUT2D eigenvalue weighted by Crippen LogP contribution is 2.19. The molecule has 0 amide bonds. The molecule has 0 spiro atoms. The molecule has 5 nitrogen and oxygen atoms in total. The molecule has 0 aliphatic carbocycles. The number of nitrogens with one attached hydrogen (secondary N) is 1. The van der Waals surface area contributed by atoms with E-state index in [2.05, 4.69) is 11.3 Å². The number of carboxylic acid groups (broad SMARTS) is 1. The zero-order chi connectivity index (χ0) is 16.0. The Balaban J connectivity index is 2.93. The van der Waals surface area contributed by atoms with Crippen molar-refractivity contribution in [3.05, 3.63) is 41.7 Å². The molecule has 0 unspecified atom stereocenters. The zero-order valence-corrected chi connectivity index (χ0v) is 13.1. The summed E-state index contributed by atoms with van der Waals surface area (Å²) >= 11 is 1.50. The lowest BCUT2D eigenvalue weighted by Crippen LogP contribution is -2.26. The Bertz CT molecular complexity index is 644. The molecular formula is C13H16FNO4S2. The number of benzene rings is 1. The summed E-state index contributed by atoms with van der Waals surface area (Å²) in [5.41, 5.74) is -0.687. The second-order valence-electron chi connectivity index (χ2n) is 4.17. The third-order valence-corrected chi connectivity index (χ3v) is 4.95. The number of aromatic carboxylic acids is 1. The SMILES string of the molecule is C=CCSCCNS(=O)(=O)c1cc(C)c(F)c(C(=O)O)c1. The molecule has 0 fully saturated rings. The number of hydrogen-bond donors (Lipinski definition) is 2. The van der Waals surface area contributed by atoms with Crippen LogP contribution in [0.1, 0.15) is 15.9 Å². The number of halogens is 1. The van der Waals surface area contributed by atoms with Crippen molar-refractivity contribution < 1.29 is 22.7 Å². The second-order valence-corrected chi connectivity index (χ2v) is 7.09. The maximum absolute atomic E-state index is 13.6. The monoisotopic (exact) mass is 333 g/mol. The molecule has 0 saturated carbocycles. The van der Waals surface area contributed by atoms with E-state index in [-0.39, 0.29) is 17.0 Å². The number of thioether (sulfide) groups is 1. The van der Waals surface area contributed by atoms with Crippen molar-refractivity contribution in [2.75, 3.05) is 18.1 Å². The number of hydrogen-bond acceptors (Lipinski definition) is 4. The molecule has 1 aromatic carbocycles. The molecule has 0 aromatic heterocycles. The largest absolute Gasteiger partial charge is 0.478 e. The predicted octanol–water partition coefficient (Wildman–Crippen LogP) is 2.03. The summed E-state index contributed by atoms with van der Waals surface area (Å²) in [5.74, 6) is -1.17. The smallest absolute Gasteiger partial charge is 0.338 e. The second kappa shape index (κ2) is 7.58. The van der Waals surface area contributed by atoms with Crippen molar-refractivity contribution in [2.24, 2.45) is 0 Å². The van der Waals surface area contributed by atoms with Crippen LogP contribution in [0.5, 0.6) is 0 Å². The molecule has 0 radical (unpaired) electrons. The van der Waals surface area contributed by atoms with Crippen LogP contribution in [0.15, 0.2) is 29.7 Å².